The van der Waals surface area contributed by atoms with Crippen LogP contribution in [0, 0.1) is 6.92 Å². The molecule has 0 saturated carbocycles. The number of tetrazole rings is 1. The van der Waals surface area contributed by atoms with E-state index in [9.17, 15) is 0 Å². The first-order valence-corrected chi connectivity index (χ1v) is 17.6. The number of hydrogen-bond donors (Lipinski definition) is 0. The highest BCUT2D eigenvalue weighted by molar-refractivity contribution is 5.81. The van der Waals surface area contributed by atoms with Crippen molar-refractivity contribution < 1.29 is 4.74 Å². The van der Waals surface area contributed by atoms with Crippen LogP contribution < -0.4 is 0 Å². The van der Waals surface area contributed by atoms with Crippen molar-refractivity contribution >= 4 is 11.2 Å². The van der Waals surface area contributed by atoms with Crippen LogP contribution in [0.1, 0.15) is 78.6 Å². The van der Waals surface area contributed by atoms with E-state index in [0.29, 0.717) is 6.61 Å². The lowest BCUT2D eigenvalue weighted by molar-refractivity contribution is 0.0637. The first-order valence-electron chi connectivity index (χ1n) is 17.6. The Bertz CT molecular complexity index is 2230. The molecule has 3 heterocycles. The Labute approximate surface area is 292 Å². The van der Waals surface area contributed by atoms with Gasteiger partial charge in [0.2, 0.25) is 0 Å². The smallest absolute Gasteiger partial charge is 0.183 e. The van der Waals surface area contributed by atoms with Crippen LogP contribution in [0.5, 0.6) is 0 Å². The third-order valence-corrected chi connectivity index (χ3v) is 9.79. The fraction of sp³-hybridized carbons (Fsp3) is 0.262. The minimum Gasteiger partial charge on any atom is -0.373 e. The lowest BCUT2D eigenvalue weighted by atomic mass is 9.94. The van der Waals surface area contributed by atoms with Crippen LogP contribution in [0.4, 0.5) is 0 Å². The van der Waals surface area contributed by atoms with Gasteiger partial charge in [0, 0.05) is 12.0 Å². The maximum absolute atomic E-state index is 5.94. The zero-order valence-corrected chi connectivity index (χ0v) is 29.0. The number of hydrogen-bond acceptors (Lipinski definition) is 6. The van der Waals surface area contributed by atoms with Crippen molar-refractivity contribution in [2.75, 3.05) is 0 Å². The highest BCUT2D eigenvalue weighted by atomic mass is 16.5. The molecule has 0 saturated heterocycles. The second-order valence-corrected chi connectivity index (χ2v) is 13.4. The predicted octanol–water partition coefficient (Wildman–Crippen LogP) is 8.72. The Morgan fingerprint density at radius 1 is 0.820 bits per heavy atom. The molecule has 0 bridgehead atoms. The summed E-state index contributed by atoms with van der Waals surface area (Å²) in [5.74, 6) is 1.80. The van der Waals surface area contributed by atoms with Crippen LogP contribution >= 0.6 is 0 Å². The van der Waals surface area contributed by atoms with E-state index >= 15 is 0 Å². The van der Waals surface area contributed by atoms with E-state index in [1.165, 1.54) is 11.1 Å². The Morgan fingerprint density at radius 3 is 2.22 bits per heavy atom. The van der Waals surface area contributed by atoms with Crippen molar-refractivity contribution in [3.63, 3.8) is 0 Å². The second kappa shape index (κ2) is 13.4. The van der Waals surface area contributed by atoms with Crippen molar-refractivity contribution in [1.82, 2.24) is 34.7 Å². The van der Waals surface area contributed by atoms with E-state index in [1.54, 1.807) is 0 Å². The molecule has 0 amide bonds. The Hall–Kier alpha value is -5.47. The maximum atomic E-state index is 5.94. The molecule has 0 N–H and O–H groups in total. The van der Waals surface area contributed by atoms with E-state index in [0.717, 1.165) is 81.1 Å². The number of benzene rings is 4. The summed E-state index contributed by atoms with van der Waals surface area (Å²) in [7, 11) is 0. The van der Waals surface area contributed by atoms with Crippen LogP contribution in [0.3, 0.4) is 0 Å². The van der Waals surface area contributed by atoms with Crippen LogP contribution in [-0.2, 0) is 24.2 Å². The Morgan fingerprint density at radius 2 is 1.52 bits per heavy atom. The average Bonchev–Trinajstić information content (AvgIpc) is 3.89. The second-order valence-electron chi connectivity index (χ2n) is 13.4. The van der Waals surface area contributed by atoms with E-state index < -0.39 is 0 Å². The number of ether oxygens (including phenoxy) is 1. The minimum absolute atomic E-state index is 0.145. The third kappa shape index (κ3) is 5.79. The van der Waals surface area contributed by atoms with Crippen LogP contribution in [0.15, 0.2) is 109 Å². The molecule has 4 aromatic carbocycles. The number of rotatable bonds is 10. The highest BCUT2D eigenvalue weighted by Gasteiger charge is 2.30. The van der Waals surface area contributed by atoms with Crippen molar-refractivity contribution in [1.29, 1.82) is 0 Å². The van der Waals surface area contributed by atoms with Crippen molar-refractivity contribution in [3.8, 4) is 22.5 Å². The maximum Gasteiger partial charge on any atom is 0.183 e. The van der Waals surface area contributed by atoms with E-state index in [1.807, 2.05) is 16.8 Å². The zero-order valence-electron chi connectivity index (χ0n) is 29.0. The fourth-order valence-electron chi connectivity index (χ4n) is 7.48. The van der Waals surface area contributed by atoms with Gasteiger partial charge in [0.1, 0.15) is 17.4 Å². The molecule has 8 heteroatoms. The first kappa shape index (κ1) is 31.8. The molecule has 0 unspecified atom stereocenters. The standard InChI is InChI=1S/C42H41N7O/c1-5-38-44-39-28(4)24-33(26-50-27(2)3)43-42(39)48(38)37-23-21-32-25-31(20-22-35(32)37)34-18-12-13-19-36(34)41-45-46-47-49(41)40(29-14-8-6-9-15-29)30-16-10-7-11-17-30/h6-20,22,24-25,27,37,40H,5,21,23,26H2,1-4H3/t37-/m0/s1. The molecule has 0 radical (unpaired) electrons. The van der Waals surface area contributed by atoms with Gasteiger partial charge in [0.05, 0.1) is 24.4 Å². The van der Waals surface area contributed by atoms with Gasteiger partial charge in [0.15, 0.2) is 11.5 Å². The molecule has 7 aromatic rings. The number of fused-ring (bicyclic) bond motifs is 2. The summed E-state index contributed by atoms with van der Waals surface area (Å²) in [6.07, 6.45) is 2.97. The van der Waals surface area contributed by atoms with E-state index in [4.69, 9.17) is 14.7 Å². The van der Waals surface area contributed by atoms with Crippen LogP contribution in [-0.4, -0.2) is 40.8 Å². The van der Waals surface area contributed by atoms with Crippen molar-refractivity contribution in [3.05, 3.63) is 149 Å². The Balaban J connectivity index is 1.18. The van der Waals surface area contributed by atoms with Crippen molar-refractivity contribution in [2.24, 2.45) is 0 Å². The number of nitrogens with zero attached hydrogens (tertiary/aromatic N) is 7. The number of aromatic nitrogens is 7. The lowest BCUT2D eigenvalue weighted by Crippen LogP contribution is -2.15. The van der Waals surface area contributed by atoms with Crippen LogP contribution in [0.25, 0.3) is 33.7 Å². The topological polar surface area (TPSA) is 83.5 Å². The number of pyridine rings is 1. The van der Waals surface area contributed by atoms with E-state index in [2.05, 4.69) is 145 Å². The Kier molecular flexibility index (Phi) is 8.54. The SMILES string of the molecule is CCc1nc2c(C)cc(COC(C)C)nc2n1[C@H]1CCc2cc(-c3ccccc3-c3nnnn3C(c3ccccc3)c3ccccc3)ccc21. The van der Waals surface area contributed by atoms with Gasteiger partial charge in [-0.25, -0.2) is 14.6 Å². The summed E-state index contributed by atoms with van der Waals surface area (Å²) in [5, 5.41) is 13.4. The lowest BCUT2D eigenvalue weighted by Gasteiger charge is -2.20. The van der Waals surface area contributed by atoms with Gasteiger partial charge < -0.3 is 9.30 Å². The van der Waals surface area contributed by atoms with Gasteiger partial charge in [-0.1, -0.05) is 110 Å². The first-order chi connectivity index (χ1) is 24.5. The molecule has 50 heavy (non-hydrogen) atoms. The summed E-state index contributed by atoms with van der Waals surface area (Å²) in [6, 6.07) is 38.4. The minimum atomic E-state index is -0.177. The number of imidazole rings is 1. The summed E-state index contributed by atoms with van der Waals surface area (Å²) in [5.41, 5.74) is 12.2. The molecular formula is C42H41N7O. The molecule has 8 nitrogen and oxygen atoms in total. The molecule has 8 rings (SSSR count). The summed E-state index contributed by atoms with van der Waals surface area (Å²) >= 11 is 0. The molecule has 250 valence electrons. The summed E-state index contributed by atoms with van der Waals surface area (Å²) in [4.78, 5) is 10.2. The fourth-order valence-corrected chi connectivity index (χ4v) is 7.48. The monoisotopic (exact) mass is 659 g/mol. The van der Waals surface area contributed by atoms with Gasteiger partial charge in [-0.05, 0) is 89.1 Å². The molecule has 0 fully saturated rings. The molecule has 0 aliphatic heterocycles. The molecule has 1 aliphatic rings. The predicted molar refractivity (Wildman–Crippen MR) is 197 cm³/mol. The van der Waals surface area contributed by atoms with Crippen LogP contribution in [0.2, 0.25) is 0 Å². The quantitative estimate of drug-likeness (QED) is 0.146. The van der Waals surface area contributed by atoms with Gasteiger partial charge in [-0.3, -0.25) is 0 Å². The zero-order chi connectivity index (χ0) is 34.2. The van der Waals surface area contributed by atoms with E-state index in [-0.39, 0.29) is 18.2 Å². The molecule has 1 atom stereocenters. The van der Waals surface area contributed by atoms with Gasteiger partial charge in [-0.15, -0.1) is 5.10 Å². The highest BCUT2D eigenvalue weighted by Crippen LogP contribution is 2.41. The van der Waals surface area contributed by atoms with Gasteiger partial charge in [0.25, 0.3) is 0 Å². The largest absolute Gasteiger partial charge is 0.373 e. The number of aryl methyl sites for hydroxylation is 3. The average molecular weight is 660 g/mol. The normalized spacial score (nSPS) is 14.2. The molecule has 0 spiro atoms. The third-order valence-electron chi connectivity index (χ3n) is 9.79. The molecule has 3 aromatic heterocycles. The summed E-state index contributed by atoms with van der Waals surface area (Å²) < 4.78 is 10.3. The van der Waals surface area contributed by atoms with Gasteiger partial charge >= 0.3 is 0 Å². The molecule has 1 aliphatic carbocycles. The summed E-state index contributed by atoms with van der Waals surface area (Å²) in [6.45, 7) is 8.91. The molecular weight excluding hydrogens is 619 g/mol. The van der Waals surface area contributed by atoms with Crippen molar-refractivity contribution in [2.45, 2.75) is 71.8 Å². The van der Waals surface area contributed by atoms with Gasteiger partial charge in [-0.2, -0.15) is 0 Å².